The number of carbonyl (C=O) groups is 3. The molecule has 9 heteroatoms. The summed E-state index contributed by atoms with van der Waals surface area (Å²) in [6.45, 7) is 4.73. The first-order chi connectivity index (χ1) is 38.1. The fourth-order valence-electron chi connectivity index (χ4n) is 9.90. The zero-order valence-corrected chi connectivity index (χ0v) is 52.3. The molecule has 0 saturated carbocycles. The first kappa shape index (κ1) is 75.5. The summed E-state index contributed by atoms with van der Waals surface area (Å²) in [5.41, 5.74) is 0. The minimum atomic E-state index is -1.62. The van der Waals surface area contributed by atoms with Crippen molar-refractivity contribution in [2.45, 2.75) is 341 Å². The Labute approximate surface area is 483 Å². The molecule has 0 fully saturated rings. The Kier molecular flexibility index (Phi) is 58.7. The van der Waals surface area contributed by atoms with E-state index in [9.17, 15) is 19.5 Å². The average molecular weight is 1100 g/mol. The van der Waals surface area contributed by atoms with E-state index >= 15 is 0 Å². The Hall–Kier alpha value is -2.49. The summed E-state index contributed by atoms with van der Waals surface area (Å²) < 4.78 is 22.7. The second-order valence-electron chi connectivity index (χ2n) is 24.1. The van der Waals surface area contributed by atoms with Crippen LogP contribution in [0.5, 0.6) is 0 Å². The minimum absolute atomic E-state index is 0.146. The molecule has 2 unspecified atom stereocenters. The van der Waals surface area contributed by atoms with E-state index in [1.807, 2.05) is 21.1 Å². The number of carbonyl (C=O) groups excluding carboxylic acids is 3. The van der Waals surface area contributed by atoms with Gasteiger partial charge < -0.3 is 33.3 Å². The zero-order chi connectivity index (χ0) is 56.9. The second-order valence-corrected chi connectivity index (χ2v) is 24.1. The molecule has 458 valence electrons. The van der Waals surface area contributed by atoms with Crippen molar-refractivity contribution in [1.29, 1.82) is 0 Å². The van der Waals surface area contributed by atoms with E-state index < -0.39 is 24.3 Å². The van der Waals surface area contributed by atoms with Crippen molar-refractivity contribution in [1.82, 2.24) is 0 Å². The van der Waals surface area contributed by atoms with Gasteiger partial charge in [-0.3, -0.25) is 9.59 Å². The number of esters is 2. The SMILES string of the molecule is CCCC/C=C\C/C=C\CCCCCCCC(=O)OC(COC(=O)CCCCCCCCCCCCCCCCCCCCCCCCCCCCC/C=C\CCCCCCCCCC)COC(OCC[N+](C)(C)C)C(=O)[O-]. The molecule has 0 aliphatic carbocycles. The van der Waals surface area contributed by atoms with Crippen LogP contribution in [-0.4, -0.2) is 82.3 Å². The lowest BCUT2D eigenvalue weighted by Crippen LogP contribution is -2.44. The predicted octanol–water partition coefficient (Wildman–Crippen LogP) is 19.1. The fourth-order valence-corrected chi connectivity index (χ4v) is 9.90. The maximum atomic E-state index is 12.8. The maximum absolute atomic E-state index is 12.8. The van der Waals surface area contributed by atoms with Gasteiger partial charge >= 0.3 is 11.9 Å². The van der Waals surface area contributed by atoms with Gasteiger partial charge in [0, 0.05) is 12.8 Å². The summed E-state index contributed by atoms with van der Waals surface area (Å²) in [4.78, 5) is 37.3. The van der Waals surface area contributed by atoms with Gasteiger partial charge in [-0.05, 0) is 64.2 Å². The highest BCUT2D eigenvalue weighted by atomic mass is 16.7. The molecule has 0 aliphatic heterocycles. The van der Waals surface area contributed by atoms with Gasteiger partial charge in [-0.25, -0.2) is 0 Å². The monoisotopic (exact) mass is 1100 g/mol. The van der Waals surface area contributed by atoms with Crippen LogP contribution in [0.2, 0.25) is 0 Å². The molecule has 0 aromatic rings. The summed E-state index contributed by atoms with van der Waals surface area (Å²) in [5, 5.41) is 11.8. The number of unbranched alkanes of at least 4 members (excludes halogenated alkanes) is 42. The summed E-state index contributed by atoms with van der Waals surface area (Å²) in [6.07, 6.45) is 72.6. The third-order valence-electron chi connectivity index (χ3n) is 15.1. The highest BCUT2D eigenvalue weighted by molar-refractivity contribution is 5.70. The molecular formula is C69H129NO8. The predicted molar refractivity (Wildman–Crippen MR) is 329 cm³/mol. The van der Waals surface area contributed by atoms with E-state index in [-0.39, 0.29) is 32.2 Å². The van der Waals surface area contributed by atoms with Crippen molar-refractivity contribution in [3.05, 3.63) is 36.5 Å². The van der Waals surface area contributed by atoms with Crippen LogP contribution in [0.1, 0.15) is 328 Å². The Morgan fingerprint density at radius 1 is 0.385 bits per heavy atom. The van der Waals surface area contributed by atoms with Gasteiger partial charge in [-0.15, -0.1) is 0 Å². The van der Waals surface area contributed by atoms with Gasteiger partial charge in [-0.1, -0.05) is 288 Å². The van der Waals surface area contributed by atoms with Crippen molar-refractivity contribution in [3.8, 4) is 0 Å². The molecule has 0 N–H and O–H groups in total. The molecule has 0 aromatic heterocycles. The number of ether oxygens (including phenoxy) is 4. The minimum Gasteiger partial charge on any atom is -0.545 e. The lowest BCUT2D eigenvalue weighted by atomic mass is 10.0. The van der Waals surface area contributed by atoms with Crippen molar-refractivity contribution in [2.75, 3.05) is 47.5 Å². The molecule has 0 bridgehead atoms. The van der Waals surface area contributed by atoms with E-state index in [0.717, 1.165) is 64.2 Å². The normalized spacial score (nSPS) is 12.9. The number of carboxylic acids is 1. The van der Waals surface area contributed by atoms with Gasteiger partial charge in [0.2, 0.25) is 0 Å². The van der Waals surface area contributed by atoms with Crippen LogP contribution < -0.4 is 5.11 Å². The van der Waals surface area contributed by atoms with Crippen LogP contribution in [0.4, 0.5) is 0 Å². The highest BCUT2D eigenvalue weighted by Crippen LogP contribution is 2.18. The number of hydrogen-bond donors (Lipinski definition) is 0. The molecule has 0 saturated heterocycles. The van der Waals surface area contributed by atoms with Gasteiger partial charge in [0.25, 0.3) is 0 Å². The van der Waals surface area contributed by atoms with Crippen molar-refractivity contribution in [2.24, 2.45) is 0 Å². The van der Waals surface area contributed by atoms with Crippen LogP contribution >= 0.6 is 0 Å². The number of likely N-dealkylation sites (N-methyl/N-ethyl adjacent to an activating group) is 1. The first-order valence-electron chi connectivity index (χ1n) is 33.6. The summed E-state index contributed by atoms with van der Waals surface area (Å²) in [7, 11) is 5.92. The van der Waals surface area contributed by atoms with Gasteiger partial charge in [-0.2, -0.15) is 0 Å². The lowest BCUT2D eigenvalue weighted by Gasteiger charge is -2.26. The number of nitrogens with zero attached hydrogens (tertiary/aromatic N) is 1. The average Bonchev–Trinajstić information content (AvgIpc) is 3.41. The number of rotatable bonds is 63. The summed E-state index contributed by atoms with van der Waals surface area (Å²) >= 11 is 0. The maximum Gasteiger partial charge on any atom is 0.306 e. The van der Waals surface area contributed by atoms with Crippen LogP contribution in [0.15, 0.2) is 36.5 Å². The number of allylic oxidation sites excluding steroid dienone is 6. The first-order valence-corrected chi connectivity index (χ1v) is 33.6. The number of aliphatic carboxylic acids is 1. The topological polar surface area (TPSA) is 111 Å². The van der Waals surface area contributed by atoms with E-state index in [1.165, 1.54) is 231 Å². The number of quaternary nitrogens is 1. The smallest absolute Gasteiger partial charge is 0.306 e. The number of carboxylic acid groups (broad SMARTS) is 1. The van der Waals surface area contributed by atoms with Crippen LogP contribution in [0, 0.1) is 0 Å². The molecule has 0 spiro atoms. The van der Waals surface area contributed by atoms with Crippen molar-refractivity contribution in [3.63, 3.8) is 0 Å². The molecule has 0 aliphatic rings. The molecule has 0 heterocycles. The fraction of sp³-hybridized carbons (Fsp3) is 0.870. The third kappa shape index (κ3) is 61.1. The second kappa shape index (κ2) is 60.6. The van der Waals surface area contributed by atoms with Gasteiger partial charge in [0.1, 0.15) is 13.2 Å². The molecule has 78 heavy (non-hydrogen) atoms. The van der Waals surface area contributed by atoms with Gasteiger partial charge in [0.05, 0.1) is 40.3 Å². The Morgan fingerprint density at radius 3 is 1.06 bits per heavy atom. The van der Waals surface area contributed by atoms with E-state index in [4.69, 9.17) is 18.9 Å². The van der Waals surface area contributed by atoms with Crippen LogP contribution in [0.3, 0.4) is 0 Å². The highest BCUT2D eigenvalue weighted by Gasteiger charge is 2.22. The van der Waals surface area contributed by atoms with Gasteiger partial charge in [0.15, 0.2) is 12.4 Å². The quantitative estimate of drug-likeness (QED) is 0.0195. The molecule has 0 amide bonds. The molecule has 9 nitrogen and oxygen atoms in total. The third-order valence-corrected chi connectivity index (χ3v) is 15.1. The molecule has 0 aromatic carbocycles. The van der Waals surface area contributed by atoms with Crippen LogP contribution in [0.25, 0.3) is 0 Å². The standard InChI is InChI=1S/C69H129NO8/c1-6-8-10-12-14-16-18-20-22-23-24-25-26-27-28-29-30-31-32-33-34-35-36-37-38-39-40-41-42-43-44-45-46-48-49-51-53-55-57-59-66(71)76-63-65(64-77-69(68(73)74)75-62-61-70(3,4)5)78-67(72)60-58-56-54-52-50-47-21-19-17-15-13-11-9-7-2/h13,15,19,21,23-24,65,69H,6-12,14,16-18,20,22,25-64H2,1-5H3/b15-13-,21-19-,24-23-. The molecular weight excluding hydrogens is 971 g/mol. The molecule has 0 rings (SSSR count). The molecule has 0 radical (unpaired) electrons. The number of hydrogen-bond acceptors (Lipinski definition) is 8. The molecule has 2 atom stereocenters. The zero-order valence-electron chi connectivity index (χ0n) is 52.3. The van der Waals surface area contributed by atoms with E-state index in [0.29, 0.717) is 23.9 Å². The summed E-state index contributed by atoms with van der Waals surface area (Å²) in [6, 6.07) is 0. The van der Waals surface area contributed by atoms with Crippen molar-refractivity contribution < 1.29 is 42.9 Å². The Bertz CT molecular complexity index is 1370. The largest absolute Gasteiger partial charge is 0.545 e. The van der Waals surface area contributed by atoms with E-state index in [1.54, 1.807) is 0 Å². The van der Waals surface area contributed by atoms with Crippen molar-refractivity contribution >= 4 is 17.9 Å². The Balaban J connectivity index is 3.89. The van der Waals surface area contributed by atoms with Crippen LogP contribution in [-0.2, 0) is 33.3 Å². The lowest BCUT2D eigenvalue weighted by molar-refractivity contribution is -0.870. The Morgan fingerprint density at radius 2 is 0.705 bits per heavy atom. The summed E-state index contributed by atoms with van der Waals surface area (Å²) in [5.74, 6) is -2.29. The van der Waals surface area contributed by atoms with E-state index in [2.05, 4.69) is 50.3 Å².